The van der Waals surface area contributed by atoms with Crippen molar-refractivity contribution >= 4 is 0 Å². The Bertz CT molecular complexity index is 654. The maximum atomic E-state index is 11.4. The largest absolute Gasteiger partial charge is 0.393 e. The summed E-state index contributed by atoms with van der Waals surface area (Å²) in [6.45, 7) is 11.7. The lowest BCUT2D eigenvalue weighted by atomic mass is 9.43. The quantitative estimate of drug-likeness (QED) is 0.541. The van der Waals surface area contributed by atoms with Crippen molar-refractivity contribution < 1.29 is 15.3 Å². The standard InChI is InChI=1S/C27H46O3/c1-16(2)7-6-8-17(3)19-9-10-20-23-21(12-14-26(19,20)4)27(5)13-11-18(28)15-22(27)24(29)25(23)30/h7,17-25,28-30H,6,8-15H2,1-5H3/t17?,18-,19?,20?,21?,22?,23?,24+,25-,26-,27-/m1/s1. The van der Waals surface area contributed by atoms with Gasteiger partial charge in [-0.3, -0.25) is 0 Å². The Balaban J connectivity index is 1.56. The number of aliphatic hydroxyl groups excluding tert-OH is 3. The Kier molecular flexibility index (Phi) is 6.23. The maximum absolute atomic E-state index is 11.4. The molecule has 172 valence electrons. The van der Waals surface area contributed by atoms with E-state index in [2.05, 4.69) is 40.7 Å². The molecule has 0 aromatic rings. The molecule has 0 aromatic carbocycles. The summed E-state index contributed by atoms with van der Waals surface area (Å²) in [6, 6.07) is 0. The van der Waals surface area contributed by atoms with Crippen molar-refractivity contribution in [1.29, 1.82) is 0 Å². The smallest absolute Gasteiger partial charge is 0.0836 e. The Morgan fingerprint density at radius 2 is 1.57 bits per heavy atom. The number of fused-ring (bicyclic) bond motifs is 5. The molecule has 0 spiro atoms. The Morgan fingerprint density at radius 1 is 0.900 bits per heavy atom. The molecule has 30 heavy (non-hydrogen) atoms. The van der Waals surface area contributed by atoms with E-state index >= 15 is 0 Å². The fourth-order valence-electron chi connectivity index (χ4n) is 9.05. The summed E-state index contributed by atoms with van der Waals surface area (Å²) in [5, 5.41) is 32.8. The molecule has 0 amide bonds. The second kappa shape index (κ2) is 8.19. The zero-order chi connectivity index (χ0) is 21.8. The molecular weight excluding hydrogens is 372 g/mol. The number of allylic oxidation sites excluding steroid dienone is 2. The molecule has 0 radical (unpaired) electrons. The summed E-state index contributed by atoms with van der Waals surface area (Å²) in [5.41, 5.74) is 1.78. The lowest BCUT2D eigenvalue weighted by Crippen LogP contribution is -2.64. The normalized spacial score (nSPS) is 51.5. The van der Waals surface area contributed by atoms with Gasteiger partial charge in [-0.1, -0.05) is 32.4 Å². The molecule has 0 aromatic heterocycles. The number of hydrogen-bond acceptors (Lipinski definition) is 3. The molecule has 0 bridgehead atoms. The van der Waals surface area contributed by atoms with Crippen molar-refractivity contribution in [3.8, 4) is 0 Å². The summed E-state index contributed by atoms with van der Waals surface area (Å²) in [6.07, 6.45) is 10.6. The molecule has 0 aliphatic heterocycles. The van der Waals surface area contributed by atoms with Crippen molar-refractivity contribution in [3.05, 3.63) is 11.6 Å². The van der Waals surface area contributed by atoms with E-state index in [1.807, 2.05) is 0 Å². The number of aliphatic hydroxyl groups is 3. The third kappa shape index (κ3) is 3.52. The van der Waals surface area contributed by atoms with Crippen LogP contribution in [0.5, 0.6) is 0 Å². The first-order chi connectivity index (χ1) is 14.1. The van der Waals surface area contributed by atoms with Gasteiger partial charge in [0.25, 0.3) is 0 Å². The monoisotopic (exact) mass is 418 g/mol. The molecule has 3 N–H and O–H groups in total. The van der Waals surface area contributed by atoms with Gasteiger partial charge in [-0.05, 0) is 118 Å². The van der Waals surface area contributed by atoms with Crippen LogP contribution in [0.25, 0.3) is 0 Å². The van der Waals surface area contributed by atoms with Crippen LogP contribution in [0.2, 0.25) is 0 Å². The van der Waals surface area contributed by atoms with Crippen molar-refractivity contribution in [1.82, 2.24) is 0 Å². The van der Waals surface area contributed by atoms with Crippen LogP contribution in [0.4, 0.5) is 0 Å². The van der Waals surface area contributed by atoms with Crippen LogP contribution in [0.1, 0.15) is 92.4 Å². The molecule has 6 unspecified atom stereocenters. The summed E-state index contributed by atoms with van der Waals surface area (Å²) in [7, 11) is 0. The van der Waals surface area contributed by atoms with Crippen LogP contribution in [0, 0.1) is 46.3 Å². The van der Waals surface area contributed by atoms with Gasteiger partial charge in [-0.15, -0.1) is 0 Å². The summed E-state index contributed by atoms with van der Waals surface area (Å²) in [5.74, 6) is 2.74. The highest BCUT2D eigenvalue weighted by atomic mass is 16.3. The van der Waals surface area contributed by atoms with Gasteiger partial charge in [-0.25, -0.2) is 0 Å². The van der Waals surface area contributed by atoms with Crippen molar-refractivity contribution in [2.24, 2.45) is 46.3 Å². The van der Waals surface area contributed by atoms with Crippen LogP contribution < -0.4 is 0 Å². The van der Waals surface area contributed by atoms with Gasteiger partial charge < -0.3 is 15.3 Å². The SMILES string of the molecule is CC(C)=CCCC(C)C1CCC2C3C(CC[C@]12C)[C@@]1(C)CC[C@@H](O)CC1[C@H](O)[C@@H]3O. The Hall–Kier alpha value is -0.380. The topological polar surface area (TPSA) is 60.7 Å². The summed E-state index contributed by atoms with van der Waals surface area (Å²) >= 11 is 0. The minimum absolute atomic E-state index is 0.0436. The first-order valence-corrected chi connectivity index (χ1v) is 12.8. The van der Waals surface area contributed by atoms with Crippen molar-refractivity contribution in [2.75, 3.05) is 0 Å². The van der Waals surface area contributed by atoms with Crippen LogP contribution in [0.15, 0.2) is 11.6 Å². The fraction of sp³-hybridized carbons (Fsp3) is 0.926. The molecule has 3 heteroatoms. The first-order valence-electron chi connectivity index (χ1n) is 12.8. The van der Waals surface area contributed by atoms with E-state index < -0.39 is 12.2 Å². The number of rotatable bonds is 4. The zero-order valence-corrected chi connectivity index (χ0v) is 20.0. The van der Waals surface area contributed by atoms with Crippen LogP contribution in [-0.2, 0) is 0 Å². The summed E-state index contributed by atoms with van der Waals surface area (Å²) in [4.78, 5) is 0. The fourth-order valence-corrected chi connectivity index (χ4v) is 9.05. The molecule has 3 nitrogen and oxygen atoms in total. The molecular formula is C27H46O3. The van der Waals surface area contributed by atoms with E-state index in [0.29, 0.717) is 29.6 Å². The average molecular weight is 419 g/mol. The second-order valence-electron chi connectivity index (χ2n) is 12.4. The first kappa shape index (κ1) is 22.8. The van der Waals surface area contributed by atoms with E-state index in [-0.39, 0.29) is 23.4 Å². The van der Waals surface area contributed by atoms with Gasteiger partial charge in [0.15, 0.2) is 0 Å². The van der Waals surface area contributed by atoms with E-state index in [1.165, 1.54) is 44.1 Å². The lowest BCUT2D eigenvalue weighted by molar-refractivity contribution is -0.223. The molecule has 4 aliphatic rings. The highest BCUT2D eigenvalue weighted by molar-refractivity contribution is 5.14. The minimum Gasteiger partial charge on any atom is -0.393 e. The van der Waals surface area contributed by atoms with Gasteiger partial charge in [0.1, 0.15) is 0 Å². The Morgan fingerprint density at radius 3 is 2.27 bits per heavy atom. The maximum Gasteiger partial charge on any atom is 0.0836 e. The lowest BCUT2D eigenvalue weighted by Gasteiger charge is -2.63. The predicted molar refractivity (Wildman–Crippen MR) is 122 cm³/mol. The molecule has 0 saturated heterocycles. The van der Waals surface area contributed by atoms with E-state index in [0.717, 1.165) is 18.8 Å². The van der Waals surface area contributed by atoms with Gasteiger partial charge in [0.2, 0.25) is 0 Å². The van der Waals surface area contributed by atoms with Crippen LogP contribution in [0.3, 0.4) is 0 Å². The Labute approximate surface area is 184 Å². The van der Waals surface area contributed by atoms with Gasteiger partial charge in [0, 0.05) is 0 Å². The van der Waals surface area contributed by atoms with Gasteiger partial charge in [0.05, 0.1) is 18.3 Å². The highest BCUT2D eigenvalue weighted by Crippen LogP contribution is 2.68. The zero-order valence-electron chi connectivity index (χ0n) is 20.0. The van der Waals surface area contributed by atoms with E-state index in [1.54, 1.807) is 0 Å². The molecule has 4 saturated carbocycles. The van der Waals surface area contributed by atoms with Crippen LogP contribution >= 0.6 is 0 Å². The third-order valence-electron chi connectivity index (χ3n) is 10.7. The molecule has 4 fully saturated rings. The average Bonchev–Trinajstić information content (AvgIpc) is 3.04. The summed E-state index contributed by atoms with van der Waals surface area (Å²) < 4.78 is 0. The predicted octanol–water partition coefficient (Wildman–Crippen LogP) is 5.33. The van der Waals surface area contributed by atoms with Crippen molar-refractivity contribution in [2.45, 2.75) is 111 Å². The second-order valence-corrected chi connectivity index (χ2v) is 12.4. The molecule has 11 atom stereocenters. The van der Waals surface area contributed by atoms with Crippen molar-refractivity contribution in [3.63, 3.8) is 0 Å². The third-order valence-corrected chi connectivity index (χ3v) is 10.7. The van der Waals surface area contributed by atoms with Gasteiger partial charge >= 0.3 is 0 Å². The van der Waals surface area contributed by atoms with E-state index in [9.17, 15) is 15.3 Å². The van der Waals surface area contributed by atoms with Crippen LogP contribution in [-0.4, -0.2) is 33.6 Å². The highest BCUT2D eigenvalue weighted by Gasteiger charge is 2.65. The molecule has 4 rings (SSSR count). The minimum atomic E-state index is -0.678. The molecule has 0 heterocycles. The van der Waals surface area contributed by atoms with E-state index in [4.69, 9.17) is 0 Å². The number of hydrogen-bond donors (Lipinski definition) is 3. The van der Waals surface area contributed by atoms with Gasteiger partial charge in [-0.2, -0.15) is 0 Å². The molecule has 4 aliphatic carbocycles.